The number of aliphatic carboxylic acids is 1. The Labute approximate surface area is 180 Å². The van der Waals surface area contributed by atoms with Gasteiger partial charge in [-0.1, -0.05) is 44.2 Å². The topological polar surface area (TPSA) is 113 Å². The Bertz CT molecular complexity index is 755. The average molecular weight is 437 g/mol. The van der Waals surface area contributed by atoms with Crippen molar-refractivity contribution in [3.63, 3.8) is 0 Å². The van der Waals surface area contributed by atoms with Gasteiger partial charge in [0.15, 0.2) is 5.78 Å². The Balaban J connectivity index is 1.96. The van der Waals surface area contributed by atoms with E-state index in [0.29, 0.717) is 12.2 Å². The summed E-state index contributed by atoms with van der Waals surface area (Å²) in [6, 6.07) is 7.98. The zero-order valence-electron chi connectivity index (χ0n) is 17.2. The molecule has 1 fully saturated rings. The minimum atomic E-state index is -0.917. The number of hydrogen-bond donors (Lipinski definition) is 2. The Morgan fingerprint density at radius 2 is 1.97 bits per heavy atom. The second-order valence-corrected chi connectivity index (χ2v) is 8.70. The third-order valence-electron chi connectivity index (χ3n) is 4.53. The minimum absolute atomic E-state index is 0.0513. The maximum atomic E-state index is 12.8. The second-order valence-electron chi connectivity index (χ2n) is 7.67. The van der Waals surface area contributed by atoms with Gasteiger partial charge in [0.2, 0.25) is 5.91 Å². The van der Waals surface area contributed by atoms with Crippen LogP contribution in [0.1, 0.15) is 32.3 Å². The van der Waals surface area contributed by atoms with E-state index in [9.17, 15) is 19.2 Å². The molecule has 1 saturated heterocycles. The molecule has 1 aromatic rings. The highest BCUT2D eigenvalue weighted by Gasteiger charge is 2.40. The van der Waals surface area contributed by atoms with Crippen molar-refractivity contribution in [2.75, 3.05) is 18.1 Å². The lowest BCUT2D eigenvalue weighted by atomic mass is 10.0. The van der Waals surface area contributed by atoms with Gasteiger partial charge < -0.3 is 15.2 Å². The number of carbonyl (C=O) groups excluding carboxylic acids is 3. The van der Waals surface area contributed by atoms with Crippen LogP contribution in [0.15, 0.2) is 30.3 Å². The van der Waals surface area contributed by atoms with E-state index < -0.39 is 24.0 Å². The average Bonchev–Trinajstić information content (AvgIpc) is 3.08. The number of Topliss-reactive ketones (excluding diaryl/α,β-unsaturated/α-hetero) is 1. The fourth-order valence-electron chi connectivity index (χ4n) is 3.24. The molecule has 1 heterocycles. The maximum absolute atomic E-state index is 12.8. The number of nitrogens with zero attached hydrogens (tertiary/aromatic N) is 1. The number of amides is 2. The molecule has 0 radical (unpaired) electrons. The summed E-state index contributed by atoms with van der Waals surface area (Å²) in [7, 11) is 0. The standard InChI is InChI=1S/C21H28N2O6S/c1-14(2)8-16(12-30-13-19(25)26)22-20(27)18-9-17(24)10-23(18)21(28)29-11-15-6-4-3-5-7-15/h3-7,14,16,18H,8-13H2,1-2H3,(H,22,27)(H,25,26). The highest BCUT2D eigenvalue weighted by atomic mass is 32.2. The van der Waals surface area contributed by atoms with E-state index in [2.05, 4.69) is 5.32 Å². The van der Waals surface area contributed by atoms with E-state index in [0.717, 1.165) is 10.5 Å². The summed E-state index contributed by atoms with van der Waals surface area (Å²) in [6.45, 7) is 3.91. The van der Waals surface area contributed by atoms with Crippen molar-refractivity contribution in [1.82, 2.24) is 10.2 Å². The third kappa shape index (κ3) is 7.70. The quantitative estimate of drug-likeness (QED) is 0.579. The van der Waals surface area contributed by atoms with E-state index in [1.807, 2.05) is 44.2 Å². The largest absolute Gasteiger partial charge is 0.481 e. The molecule has 2 unspecified atom stereocenters. The molecule has 0 bridgehead atoms. The fraction of sp³-hybridized carbons (Fsp3) is 0.524. The van der Waals surface area contributed by atoms with E-state index >= 15 is 0 Å². The highest BCUT2D eigenvalue weighted by Crippen LogP contribution is 2.18. The molecule has 164 valence electrons. The molecule has 2 amide bonds. The number of hydrogen-bond acceptors (Lipinski definition) is 6. The molecule has 8 nitrogen and oxygen atoms in total. The van der Waals surface area contributed by atoms with Crippen LogP contribution in [0.2, 0.25) is 0 Å². The van der Waals surface area contributed by atoms with Gasteiger partial charge in [-0.3, -0.25) is 19.3 Å². The Morgan fingerprint density at radius 1 is 1.27 bits per heavy atom. The first-order chi connectivity index (χ1) is 14.3. The highest BCUT2D eigenvalue weighted by molar-refractivity contribution is 7.99. The van der Waals surface area contributed by atoms with Crippen molar-refractivity contribution in [2.45, 2.75) is 45.4 Å². The summed E-state index contributed by atoms with van der Waals surface area (Å²) in [6.07, 6.45) is -0.0917. The molecular weight excluding hydrogens is 408 g/mol. The Morgan fingerprint density at radius 3 is 2.60 bits per heavy atom. The summed E-state index contributed by atoms with van der Waals surface area (Å²) < 4.78 is 5.29. The Kier molecular flexibility index (Phi) is 9.16. The van der Waals surface area contributed by atoms with Crippen LogP contribution in [0.5, 0.6) is 0 Å². The van der Waals surface area contributed by atoms with Crippen molar-refractivity contribution in [3.05, 3.63) is 35.9 Å². The lowest BCUT2D eigenvalue weighted by Gasteiger charge is -2.26. The van der Waals surface area contributed by atoms with Gasteiger partial charge in [0.05, 0.1) is 12.3 Å². The van der Waals surface area contributed by atoms with Crippen molar-refractivity contribution in [3.8, 4) is 0 Å². The molecule has 2 N–H and O–H groups in total. The van der Waals surface area contributed by atoms with Crippen LogP contribution in [0.3, 0.4) is 0 Å². The molecule has 2 atom stereocenters. The SMILES string of the molecule is CC(C)CC(CSCC(=O)O)NC(=O)C1CC(=O)CN1C(=O)OCc1ccccc1. The molecule has 2 rings (SSSR count). The molecule has 30 heavy (non-hydrogen) atoms. The first-order valence-corrected chi connectivity index (χ1v) is 11.0. The van der Waals surface area contributed by atoms with E-state index in [1.54, 1.807) is 0 Å². The van der Waals surface area contributed by atoms with Gasteiger partial charge in [-0.05, 0) is 17.9 Å². The van der Waals surface area contributed by atoms with Crippen LogP contribution in [-0.2, 0) is 25.7 Å². The molecular formula is C21H28N2O6S. The molecule has 0 saturated carbocycles. The van der Waals surface area contributed by atoms with E-state index in [1.165, 1.54) is 11.8 Å². The maximum Gasteiger partial charge on any atom is 0.411 e. The van der Waals surface area contributed by atoms with Gasteiger partial charge in [0.25, 0.3) is 0 Å². The van der Waals surface area contributed by atoms with Gasteiger partial charge in [0, 0.05) is 18.2 Å². The van der Waals surface area contributed by atoms with Crippen molar-refractivity contribution in [2.24, 2.45) is 5.92 Å². The van der Waals surface area contributed by atoms with Gasteiger partial charge in [-0.15, -0.1) is 11.8 Å². The fourth-order valence-corrected chi connectivity index (χ4v) is 4.04. The number of thioether (sulfide) groups is 1. The Hall–Kier alpha value is -2.55. The van der Waals surface area contributed by atoms with Crippen LogP contribution < -0.4 is 5.32 Å². The number of nitrogens with one attached hydrogen (secondary N) is 1. The number of carboxylic acid groups (broad SMARTS) is 1. The number of likely N-dealkylation sites (tertiary alicyclic amines) is 1. The van der Waals surface area contributed by atoms with E-state index in [4.69, 9.17) is 9.84 Å². The summed E-state index contributed by atoms with van der Waals surface area (Å²) in [5.41, 5.74) is 0.810. The normalized spacial score (nSPS) is 17.1. The molecule has 0 spiro atoms. The minimum Gasteiger partial charge on any atom is -0.481 e. The first-order valence-electron chi connectivity index (χ1n) is 9.85. The van der Waals surface area contributed by atoms with E-state index in [-0.39, 0.29) is 43.1 Å². The molecule has 1 aliphatic rings. The smallest absolute Gasteiger partial charge is 0.411 e. The number of carboxylic acids is 1. The van der Waals surface area contributed by atoms with Crippen LogP contribution in [-0.4, -0.2) is 63.9 Å². The third-order valence-corrected chi connectivity index (χ3v) is 5.62. The summed E-state index contributed by atoms with van der Waals surface area (Å²) >= 11 is 1.22. The molecule has 1 aromatic carbocycles. The van der Waals surface area contributed by atoms with Crippen LogP contribution in [0.25, 0.3) is 0 Å². The molecule has 0 aromatic heterocycles. The number of benzene rings is 1. The van der Waals surface area contributed by atoms with Crippen molar-refractivity contribution >= 4 is 35.5 Å². The molecule has 1 aliphatic heterocycles. The predicted octanol–water partition coefficient (Wildman–Crippen LogP) is 2.32. The van der Waals surface area contributed by atoms with Gasteiger partial charge in [-0.2, -0.15) is 0 Å². The zero-order chi connectivity index (χ0) is 22.1. The number of rotatable bonds is 10. The summed E-state index contributed by atoms with van der Waals surface area (Å²) in [5.74, 6) is -0.854. The van der Waals surface area contributed by atoms with Crippen LogP contribution in [0.4, 0.5) is 4.79 Å². The number of ketones is 1. The van der Waals surface area contributed by atoms with Crippen LogP contribution in [0, 0.1) is 5.92 Å². The molecule has 9 heteroatoms. The summed E-state index contributed by atoms with van der Waals surface area (Å²) in [4.78, 5) is 49.2. The van der Waals surface area contributed by atoms with Gasteiger partial charge >= 0.3 is 12.1 Å². The predicted molar refractivity (Wildman–Crippen MR) is 113 cm³/mol. The lowest BCUT2D eigenvalue weighted by molar-refractivity contribution is -0.134. The lowest BCUT2D eigenvalue weighted by Crippen LogP contribution is -2.49. The second kappa shape index (κ2) is 11.6. The van der Waals surface area contributed by atoms with Gasteiger partial charge in [0.1, 0.15) is 12.6 Å². The monoisotopic (exact) mass is 436 g/mol. The number of ether oxygens (including phenoxy) is 1. The zero-order valence-corrected chi connectivity index (χ0v) is 18.0. The molecule has 0 aliphatic carbocycles. The van der Waals surface area contributed by atoms with Crippen molar-refractivity contribution < 1.29 is 29.0 Å². The van der Waals surface area contributed by atoms with Crippen LogP contribution >= 0.6 is 11.8 Å². The van der Waals surface area contributed by atoms with Crippen molar-refractivity contribution in [1.29, 1.82) is 0 Å². The number of carbonyl (C=O) groups is 4. The summed E-state index contributed by atoms with van der Waals surface area (Å²) in [5, 5.41) is 11.7. The van der Waals surface area contributed by atoms with Gasteiger partial charge in [-0.25, -0.2) is 4.79 Å². The first kappa shape index (κ1) is 23.7.